The summed E-state index contributed by atoms with van der Waals surface area (Å²) in [5.41, 5.74) is 8.69. The second-order valence-electron chi connectivity index (χ2n) is 5.66. The van der Waals surface area contributed by atoms with E-state index in [2.05, 4.69) is 35.0 Å². The molecule has 19 heavy (non-hydrogen) atoms. The zero-order chi connectivity index (χ0) is 13.5. The quantitative estimate of drug-likeness (QED) is 0.929. The fraction of sp³-hybridized carbons (Fsp3) is 0.600. The normalized spacial score (nSPS) is 29.3. The second-order valence-corrected chi connectivity index (χ2v) is 6.57. The minimum Gasteiger partial charge on any atom is -0.493 e. The summed E-state index contributed by atoms with van der Waals surface area (Å²) >= 11 is 3.60. The number of nitrogens with two attached hydrogens (primary N) is 1. The van der Waals surface area contributed by atoms with Crippen molar-refractivity contribution in [1.82, 2.24) is 0 Å². The summed E-state index contributed by atoms with van der Waals surface area (Å²) in [6.07, 6.45) is 3.19. The monoisotopic (exact) mass is 325 g/mol. The van der Waals surface area contributed by atoms with Crippen LogP contribution in [0.4, 0.5) is 0 Å². The Kier molecular flexibility index (Phi) is 3.58. The molecule has 1 aromatic rings. The number of rotatable bonds is 3. The van der Waals surface area contributed by atoms with Crippen molar-refractivity contribution < 1.29 is 9.47 Å². The molecular formula is C15H20BrNO2. The van der Waals surface area contributed by atoms with Gasteiger partial charge in [-0.15, -0.1) is 0 Å². The van der Waals surface area contributed by atoms with Crippen LogP contribution in [0, 0.1) is 5.41 Å². The molecule has 1 fully saturated rings. The summed E-state index contributed by atoms with van der Waals surface area (Å²) in [7, 11) is 0. The number of hydrogen-bond donors (Lipinski definition) is 1. The smallest absolute Gasteiger partial charge is 0.125 e. The number of ether oxygens (including phenoxy) is 2. The minimum atomic E-state index is 0.0561. The highest BCUT2D eigenvalue weighted by atomic mass is 79.9. The Labute approximate surface area is 122 Å². The predicted octanol–water partition coefficient (Wildman–Crippen LogP) is 2.68. The fourth-order valence-corrected chi connectivity index (χ4v) is 3.80. The lowest BCUT2D eigenvalue weighted by Gasteiger charge is -2.31. The first-order valence-electron chi connectivity index (χ1n) is 6.90. The Bertz CT molecular complexity index is 491. The largest absolute Gasteiger partial charge is 0.493 e. The number of fused-ring (bicyclic) bond motifs is 1. The van der Waals surface area contributed by atoms with E-state index in [9.17, 15) is 0 Å². The van der Waals surface area contributed by atoms with E-state index in [0.29, 0.717) is 6.54 Å². The van der Waals surface area contributed by atoms with Gasteiger partial charge in [0.2, 0.25) is 0 Å². The average molecular weight is 326 g/mol. The van der Waals surface area contributed by atoms with E-state index in [1.807, 2.05) is 0 Å². The molecule has 0 radical (unpaired) electrons. The zero-order valence-electron chi connectivity index (χ0n) is 11.2. The van der Waals surface area contributed by atoms with Crippen LogP contribution in [0.1, 0.15) is 24.5 Å². The molecule has 0 aromatic heterocycles. The second kappa shape index (κ2) is 5.08. The molecule has 3 nitrogen and oxygen atoms in total. The van der Waals surface area contributed by atoms with E-state index < -0.39 is 0 Å². The molecule has 1 saturated heterocycles. The molecule has 2 aliphatic rings. The van der Waals surface area contributed by atoms with Crippen LogP contribution in [0.2, 0.25) is 0 Å². The Hall–Kier alpha value is -0.580. The van der Waals surface area contributed by atoms with Crippen LogP contribution in [-0.4, -0.2) is 25.9 Å². The van der Waals surface area contributed by atoms with Crippen molar-refractivity contribution in [3.05, 3.63) is 27.7 Å². The van der Waals surface area contributed by atoms with Gasteiger partial charge in [0.1, 0.15) is 5.75 Å². The maximum Gasteiger partial charge on any atom is 0.125 e. The Morgan fingerprint density at radius 3 is 2.95 bits per heavy atom. The van der Waals surface area contributed by atoms with Gasteiger partial charge in [-0.25, -0.2) is 0 Å². The summed E-state index contributed by atoms with van der Waals surface area (Å²) in [5, 5.41) is 0. The third-order valence-electron chi connectivity index (χ3n) is 4.60. The summed E-state index contributed by atoms with van der Waals surface area (Å²) in [4.78, 5) is 0. The van der Waals surface area contributed by atoms with Gasteiger partial charge in [0, 0.05) is 29.5 Å². The Morgan fingerprint density at radius 1 is 1.42 bits per heavy atom. The average Bonchev–Trinajstić information content (AvgIpc) is 2.97. The van der Waals surface area contributed by atoms with Gasteiger partial charge < -0.3 is 15.2 Å². The third kappa shape index (κ3) is 2.30. The number of benzene rings is 1. The molecule has 0 amide bonds. The molecule has 2 unspecified atom stereocenters. The van der Waals surface area contributed by atoms with E-state index in [-0.39, 0.29) is 11.5 Å². The van der Waals surface area contributed by atoms with Crippen molar-refractivity contribution in [2.24, 2.45) is 11.1 Å². The van der Waals surface area contributed by atoms with Crippen molar-refractivity contribution >= 4 is 15.9 Å². The number of hydrogen-bond acceptors (Lipinski definition) is 3. The maximum atomic E-state index is 6.06. The van der Waals surface area contributed by atoms with Gasteiger partial charge in [0.05, 0.1) is 12.7 Å². The first-order chi connectivity index (χ1) is 9.14. The molecule has 2 N–H and O–H groups in total. The van der Waals surface area contributed by atoms with Crippen molar-refractivity contribution in [1.29, 1.82) is 0 Å². The highest BCUT2D eigenvalue weighted by molar-refractivity contribution is 9.10. The van der Waals surface area contributed by atoms with Crippen LogP contribution in [-0.2, 0) is 17.6 Å². The maximum absolute atomic E-state index is 6.06. The van der Waals surface area contributed by atoms with E-state index in [4.69, 9.17) is 15.2 Å². The summed E-state index contributed by atoms with van der Waals surface area (Å²) in [6.45, 7) is 4.41. The summed E-state index contributed by atoms with van der Waals surface area (Å²) in [6, 6.07) is 4.34. The van der Waals surface area contributed by atoms with Gasteiger partial charge >= 0.3 is 0 Å². The predicted molar refractivity (Wildman–Crippen MR) is 78.6 cm³/mol. The summed E-state index contributed by atoms with van der Waals surface area (Å²) < 4.78 is 12.7. The van der Waals surface area contributed by atoms with Crippen LogP contribution in [0.25, 0.3) is 0 Å². The Morgan fingerprint density at radius 2 is 2.26 bits per heavy atom. The van der Waals surface area contributed by atoms with Crippen LogP contribution >= 0.6 is 15.9 Å². The lowest BCUT2D eigenvalue weighted by Crippen LogP contribution is -2.38. The molecule has 0 aliphatic carbocycles. The van der Waals surface area contributed by atoms with Gasteiger partial charge in [0.15, 0.2) is 0 Å². The molecule has 0 bridgehead atoms. The molecule has 0 saturated carbocycles. The van der Waals surface area contributed by atoms with Crippen molar-refractivity contribution in [2.45, 2.75) is 32.3 Å². The topological polar surface area (TPSA) is 44.5 Å². The lowest BCUT2D eigenvalue weighted by atomic mass is 9.76. The van der Waals surface area contributed by atoms with Gasteiger partial charge in [-0.2, -0.15) is 0 Å². The van der Waals surface area contributed by atoms with E-state index in [1.165, 1.54) is 11.1 Å². The van der Waals surface area contributed by atoms with Crippen LogP contribution in [0.3, 0.4) is 0 Å². The molecule has 104 valence electrons. The first-order valence-corrected chi connectivity index (χ1v) is 7.70. The van der Waals surface area contributed by atoms with E-state index in [1.54, 1.807) is 0 Å². The third-order valence-corrected chi connectivity index (χ3v) is 5.06. The van der Waals surface area contributed by atoms with Crippen LogP contribution < -0.4 is 10.5 Å². The van der Waals surface area contributed by atoms with Crippen molar-refractivity contribution in [3.8, 4) is 5.75 Å². The SMILES string of the molecule is CC1OCCC1(CN)Cc1cc(Br)cc2c1OCC2. The molecule has 2 heterocycles. The highest BCUT2D eigenvalue weighted by Crippen LogP contribution is 2.42. The van der Waals surface area contributed by atoms with Crippen molar-refractivity contribution in [2.75, 3.05) is 19.8 Å². The molecular weight excluding hydrogens is 306 g/mol. The Balaban J connectivity index is 1.95. The molecule has 4 heteroatoms. The zero-order valence-corrected chi connectivity index (χ0v) is 12.8. The van der Waals surface area contributed by atoms with Gasteiger partial charge in [-0.1, -0.05) is 15.9 Å². The minimum absolute atomic E-state index is 0.0561. The van der Waals surface area contributed by atoms with Crippen LogP contribution in [0.15, 0.2) is 16.6 Å². The molecule has 2 aliphatic heterocycles. The molecule has 3 rings (SSSR count). The van der Waals surface area contributed by atoms with E-state index in [0.717, 1.165) is 42.7 Å². The van der Waals surface area contributed by atoms with E-state index >= 15 is 0 Å². The molecule has 0 spiro atoms. The summed E-state index contributed by atoms with van der Waals surface area (Å²) in [5.74, 6) is 1.08. The van der Waals surface area contributed by atoms with Gasteiger partial charge in [-0.3, -0.25) is 0 Å². The standard InChI is InChI=1S/C15H20BrNO2/c1-10-15(9-17,3-5-18-10)8-12-7-13(16)6-11-2-4-19-14(11)12/h6-7,10H,2-5,8-9,17H2,1H3. The molecule has 2 atom stereocenters. The van der Waals surface area contributed by atoms with Gasteiger partial charge in [-0.05, 0) is 43.0 Å². The number of halogens is 1. The highest BCUT2D eigenvalue weighted by Gasteiger charge is 2.41. The molecule has 1 aromatic carbocycles. The van der Waals surface area contributed by atoms with Gasteiger partial charge in [0.25, 0.3) is 0 Å². The van der Waals surface area contributed by atoms with Crippen LogP contribution in [0.5, 0.6) is 5.75 Å². The fourth-order valence-electron chi connectivity index (χ4n) is 3.25. The lowest BCUT2D eigenvalue weighted by molar-refractivity contribution is 0.0671. The first kappa shape index (κ1) is 13.4. The van der Waals surface area contributed by atoms with Crippen molar-refractivity contribution in [3.63, 3.8) is 0 Å².